The lowest BCUT2D eigenvalue weighted by atomic mass is 10.2. The van der Waals surface area contributed by atoms with E-state index in [1.54, 1.807) is 4.68 Å². The van der Waals surface area contributed by atoms with Crippen LogP contribution in [0.5, 0.6) is 0 Å². The molecule has 1 fully saturated rings. The zero-order valence-corrected chi connectivity index (χ0v) is 8.43. The van der Waals surface area contributed by atoms with Gasteiger partial charge in [-0.25, -0.2) is 4.68 Å². The molecule has 0 amide bonds. The van der Waals surface area contributed by atoms with Gasteiger partial charge in [0, 0.05) is 6.04 Å². The zero-order valence-electron chi connectivity index (χ0n) is 8.43. The first-order valence-corrected chi connectivity index (χ1v) is 5.07. The van der Waals surface area contributed by atoms with Crippen LogP contribution < -0.4 is 5.73 Å². The maximum absolute atomic E-state index is 5.61. The zero-order chi connectivity index (χ0) is 9.97. The van der Waals surface area contributed by atoms with Gasteiger partial charge in [0.2, 0.25) is 5.95 Å². The Morgan fingerprint density at radius 2 is 2.43 bits per heavy atom. The van der Waals surface area contributed by atoms with Crippen LogP contribution in [0.1, 0.15) is 19.8 Å². The summed E-state index contributed by atoms with van der Waals surface area (Å²) in [5.74, 6) is 0.410. The van der Waals surface area contributed by atoms with Crippen LogP contribution >= 0.6 is 0 Å². The Kier molecular flexibility index (Phi) is 2.62. The van der Waals surface area contributed by atoms with Crippen molar-refractivity contribution in [1.29, 1.82) is 0 Å². The van der Waals surface area contributed by atoms with Gasteiger partial charge >= 0.3 is 0 Å². The van der Waals surface area contributed by atoms with Crippen LogP contribution in [0.4, 0.5) is 5.95 Å². The van der Waals surface area contributed by atoms with E-state index < -0.39 is 0 Å². The van der Waals surface area contributed by atoms with Crippen molar-refractivity contribution in [3.8, 4) is 0 Å². The highest BCUT2D eigenvalue weighted by Gasteiger charge is 2.24. The van der Waals surface area contributed by atoms with Crippen LogP contribution in [0.15, 0.2) is 0 Å². The second kappa shape index (κ2) is 3.91. The molecule has 2 heterocycles. The lowest BCUT2D eigenvalue weighted by Gasteiger charge is -2.22. The number of nitrogen functional groups attached to an aromatic ring is 1. The molecule has 2 N–H and O–H groups in total. The Hall–Kier alpha value is -1.17. The van der Waals surface area contributed by atoms with Crippen LogP contribution in [-0.4, -0.2) is 44.2 Å². The Morgan fingerprint density at radius 1 is 1.57 bits per heavy atom. The number of rotatable bonds is 3. The molecule has 1 aromatic heterocycles. The maximum Gasteiger partial charge on any atom is 0.240 e. The van der Waals surface area contributed by atoms with Gasteiger partial charge in [0.05, 0.1) is 6.54 Å². The van der Waals surface area contributed by atoms with Crippen molar-refractivity contribution in [3.05, 3.63) is 0 Å². The Bertz CT molecular complexity index is 296. The van der Waals surface area contributed by atoms with E-state index in [2.05, 4.69) is 27.3 Å². The average Bonchev–Trinajstić information content (AvgIpc) is 2.77. The van der Waals surface area contributed by atoms with Crippen molar-refractivity contribution in [2.24, 2.45) is 0 Å². The minimum atomic E-state index is 0.410. The minimum Gasteiger partial charge on any atom is -0.367 e. The first-order chi connectivity index (χ1) is 6.81. The molecular weight excluding hydrogens is 180 g/mol. The summed E-state index contributed by atoms with van der Waals surface area (Å²) >= 11 is 0. The Balaban J connectivity index is 2.00. The van der Waals surface area contributed by atoms with Gasteiger partial charge in [-0.1, -0.05) is 12.0 Å². The fraction of sp³-hybridized carbons (Fsp3) is 0.875. The lowest BCUT2D eigenvalue weighted by molar-refractivity contribution is 0.238. The molecule has 1 aliphatic rings. The van der Waals surface area contributed by atoms with Crippen molar-refractivity contribution in [2.45, 2.75) is 32.4 Å². The van der Waals surface area contributed by atoms with E-state index in [4.69, 9.17) is 5.73 Å². The number of likely N-dealkylation sites (N-methyl/N-ethyl adjacent to an activating group) is 1. The molecular formula is C8H16N6. The third-order valence-electron chi connectivity index (χ3n) is 2.85. The van der Waals surface area contributed by atoms with Crippen LogP contribution in [0.2, 0.25) is 0 Å². The van der Waals surface area contributed by atoms with E-state index in [0.29, 0.717) is 12.0 Å². The number of hydrogen-bond acceptors (Lipinski definition) is 5. The van der Waals surface area contributed by atoms with Gasteiger partial charge in [0.15, 0.2) is 0 Å². The third-order valence-corrected chi connectivity index (χ3v) is 2.85. The summed E-state index contributed by atoms with van der Waals surface area (Å²) in [5.41, 5.74) is 5.61. The van der Waals surface area contributed by atoms with E-state index in [-0.39, 0.29) is 0 Å². The number of nitrogens with two attached hydrogens (primary N) is 1. The van der Waals surface area contributed by atoms with Gasteiger partial charge in [0.25, 0.3) is 0 Å². The number of tetrazole rings is 1. The summed E-state index contributed by atoms with van der Waals surface area (Å²) < 4.78 is 1.68. The highest BCUT2D eigenvalue weighted by Crippen LogP contribution is 2.18. The van der Waals surface area contributed by atoms with Crippen molar-refractivity contribution >= 4 is 5.95 Å². The van der Waals surface area contributed by atoms with Gasteiger partial charge in [0.1, 0.15) is 0 Å². The largest absolute Gasteiger partial charge is 0.367 e. The molecule has 6 heteroatoms. The lowest BCUT2D eigenvalue weighted by Crippen LogP contribution is -2.33. The molecule has 0 spiro atoms. The molecule has 6 nitrogen and oxygen atoms in total. The van der Waals surface area contributed by atoms with E-state index in [1.807, 2.05) is 0 Å². The topological polar surface area (TPSA) is 72.9 Å². The molecule has 1 aliphatic heterocycles. The van der Waals surface area contributed by atoms with Gasteiger partial charge in [-0.2, -0.15) is 0 Å². The molecule has 1 unspecified atom stereocenters. The number of anilines is 1. The summed E-state index contributed by atoms with van der Waals surface area (Å²) in [4.78, 5) is 2.45. The van der Waals surface area contributed by atoms with E-state index in [9.17, 15) is 0 Å². The summed E-state index contributed by atoms with van der Waals surface area (Å²) in [7, 11) is 0. The highest BCUT2D eigenvalue weighted by molar-refractivity contribution is 5.10. The van der Waals surface area contributed by atoms with Crippen LogP contribution in [-0.2, 0) is 6.54 Å². The van der Waals surface area contributed by atoms with E-state index >= 15 is 0 Å². The molecule has 1 atom stereocenters. The van der Waals surface area contributed by atoms with Gasteiger partial charge in [-0.3, -0.25) is 4.90 Å². The first-order valence-electron chi connectivity index (χ1n) is 5.07. The Labute approximate surface area is 83.1 Å². The van der Waals surface area contributed by atoms with E-state index in [0.717, 1.165) is 13.1 Å². The van der Waals surface area contributed by atoms with Crippen LogP contribution in [0.25, 0.3) is 0 Å². The van der Waals surface area contributed by atoms with Gasteiger partial charge < -0.3 is 5.73 Å². The predicted molar refractivity (Wildman–Crippen MR) is 52.5 cm³/mol. The molecule has 0 bridgehead atoms. The summed E-state index contributed by atoms with van der Waals surface area (Å²) in [5, 5.41) is 11.1. The SMILES string of the molecule is CCN1CCCC1Cn1nnnc1N. The summed E-state index contributed by atoms with van der Waals surface area (Å²) in [6.07, 6.45) is 2.48. The Morgan fingerprint density at radius 3 is 3.07 bits per heavy atom. The van der Waals surface area contributed by atoms with Crippen molar-refractivity contribution in [1.82, 2.24) is 25.1 Å². The minimum absolute atomic E-state index is 0.410. The summed E-state index contributed by atoms with van der Waals surface area (Å²) in [6, 6.07) is 0.547. The number of likely N-dealkylation sites (tertiary alicyclic amines) is 1. The van der Waals surface area contributed by atoms with Crippen LogP contribution in [0, 0.1) is 0 Å². The smallest absolute Gasteiger partial charge is 0.240 e. The van der Waals surface area contributed by atoms with Crippen LogP contribution in [0.3, 0.4) is 0 Å². The third kappa shape index (κ3) is 1.70. The van der Waals surface area contributed by atoms with Crippen molar-refractivity contribution < 1.29 is 0 Å². The second-order valence-corrected chi connectivity index (χ2v) is 3.64. The molecule has 78 valence electrons. The molecule has 0 aliphatic carbocycles. The standard InChI is InChI=1S/C8H16N6/c1-2-13-5-3-4-7(13)6-14-8(9)10-11-12-14/h7H,2-6H2,1H3,(H2,9,10,12). The molecule has 0 radical (unpaired) electrons. The quantitative estimate of drug-likeness (QED) is 0.721. The molecule has 14 heavy (non-hydrogen) atoms. The number of hydrogen-bond donors (Lipinski definition) is 1. The summed E-state index contributed by atoms with van der Waals surface area (Å²) in [6.45, 7) is 5.27. The molecule has 2 rings (SSSR count). The fourth-order valence-corrected chi connectivity index (χ4v) is 2.06. The molecule has 1 aromatic rings. The number of nitrogens with zero attached hydrogens (tertiary/aromatic N) is 5. The van der Waals surface area contributed by atoms with Crippen molar-refractivity contribution in [3.63, 3.8) is 0 Å². The normalized spacial score (nSPS) is 23.1. The monoisotopic (exact) mass is 196 g/mol. The fourth-order valence-electron chi connectivity index (χ4n) is 2.06. The maximum atomic E-state index is 5.61. The molecule has 1 saturated heterocycles. The molecule has 0 aromatic carbocycles. The van der Waals surface area contributed by atoms with Gasteiger partial charge in [-0.15, -0.1) is 0 Å². The predicted octanol–water partition coefficient (Wildman–Crippen LogP) is -0.260. The second-order valence-electron chi connectivity index (χ2n) is 3.64. The van der Waals surface area contributed by atoms with Gasteiger partial charge in [-0.05, 0) is 36.4 Å². The number of aromatic nitrogens is 4. The average molecular weight is 196 g/mol. The molecule has 0 saturated carbocycles. The van der Waals surface area contributed by atoms with Crippen molar-refractivity contribution in [2.75, 3.05) is 18.8 Å². The van der Waals surface area contributed by atoms with E-state index in [1.165, 1.54) is 19.4 Å². The highest BCUT2D eigenvalue weighted by atomic mass is 15.6. The first kappa shape index (κ1) is 9.39.